The zero-order valence-corrected chi connectivity index (χ0v) is 18.3. The fourth-order valence-corrected chi connectivity index (χ4v) is 4.21. The summed E-state index contributed by atoms with van der Waals surface area (Å²) >= 11 is 0. The molecule has 172 valence electrons. The van der Waals surface area contributed by atoms with Gasteiger partial charge in [0, 0.05) is 0 Å². The van der Waals surface area contributed by atoms with Gasteiger partial charge in [-0.3, -0.25) is 0 Å². The van der Waals surface area contributed by atoms with Crippen molar-refractivity contribution in [2.24, 2.45) is 5.92 Å². The van der Waals surface area contributed by atoms with Crippen LogP contribution in [0, 0.1) is 17.6 Å². The lowest BCUT2D eigenvalue weighted by atomic mass is 9.77. The minimum absolute atomic E-state index is 0.196. The summed E-state index contributed by atoms with van der Waals surface area (Å²) in [4.78, 5) is 12.4. The first-order chi connectivity index (χ1) is 15.5. The Kier molecular flexibility index (Phi) is 8.77. The second-order valence-corrected chi connectivity index (χ2v) is 8.06. The Morgan fingerprint density at radius 1 is 0.969 bits per heavy atom. The highest BCUT2D eigenvalue weighted by Crippen LogP contribution is 2.37. The van der Waals surface area contributed by atoms with Crippen LogP contribution in [0.3, 0.4) is 0 Å². The molecule has 2 aromatic carbocycles. The van der Waals surface area contributed by atoms with Crippen molar-refractivity contribution in [3.05, 3.63) is 71.3 Å². The molecular formula is C26H29F3O3. The lowest BCUT2D eigenvalue weighted by molar-refractivity contribution is 0.0726. The van der Waals surface area contributed by atoms with Gasteiger partial charge in [0.15, 0.2) is 11.5 Å². The van der Waals surface area contributed by atoms with Crippen molar-refractivity contribution in [2.45, 2.75) is 51.4 Å². The number of halogens is 3. The number of benzene rings is 2. The smallest absolute Gasteiger partial charge is 0.343 e. The Balaban J connectivity index is 1.55. The maximum Gasteiger partial charge on any atom is 0.343 e. The van der Waals surface area contributed by atoms with E-state index in [0.29, 0.717) is 11.8 Å². The van der Waals surface area contributed by atoms with E-state index in [4.69, 9.17) is 9.47 Å². The molecule has 1 fully saturated rings. The van der Waals surface area contributed by atoms with E-state index in [9.17, 15) is 18.0 Å². The number of esters is 1. The van der Waals surface area contributed by atoms with E-state index < -0.39 is 30.0 Å². The Labute approximate surface area is 187 Å². The molecule has 0 N–H and O–H groups in total. The van der Waals surface area contributed by atoms with Crippen LogP contribution in [0.25, 0.3) is 0 Å². The molecule has 0 amide bonds. The Morgan fingerprint density at radius 3 is 2.28 bits per heavy atom. The summed E-state index contributed by atoms with van der Waals surface area (Å²) in [5.74, 6) is -2.76. The molecule has 1 aliphatic rings. The van der Waals surface area contributed by atoms with Gasteiger partial charge in [-0.1, -0.05) is 24.3 Å². The van der Waals surface area contributed by atoms with Gasteiger partial charge in [-0.25, -0.2) is 9.18 Å². The summed E-state index contributed by atoms with van der Waals surface area (Å²) in [6.07, 6.45) is 9.94. The van der Waals surface area contributed by atoms with E-state index in [-0.39, 0.29) is 17.9 Å². The van der Waals surface area contributed by atoms with E-state index >= 15 is 0 Å². The van der Waals surface area contributed by atoms with Gasteiger partial charge in [0.2, 0.25) is 11.6 Å². The fourth-order valence-electron chi connectivity index (χ4n) is 4.21. The predicted molar refractivity (Wildman–Crippen MR) is 118 cm³/mol. The van der Waals surface area contributed by atoms with Gasteiger partial charge in [0.25, 0.3) is 0 Å². The minimum atomic E-state index is -1.25. The molecule has 0 bridgehead atoms. The molecule has 3 nitrogen and oxygen atoms in total. The number of carbonyl (C=O) groups excluding carboxylic acids is 1. The molecule has 0 aromatic heterocycles. The summed E-state index contributed by atoms with van der Waals surface area (Å²) in [5, 5.41) is 0. The summed E-state index contributed by atoms with van der Waals surface area (Å²) < 4.78 is 50.3. The first-order valence-corrected chi connectivity index (χ1v) is 11.2. The van der Waals surface area contributed by atoms with Crippen molar-refractivity contribution in [3.63, 3.8) is 0 Å². The van der Waals surface area contributed by atoms with Gasteiger partial charge in [-0.05, 0) is 87.1 Å². The zero-order chi connectivity index (χ0) is 22.9. The average Bonchev–Trinajstić information content (AvgIpc) is 2.82. The van der Waals surface area contributed by atoms with E-state index in [1.165, 1.54) is 12.1 Å². The number of hydrogen-bond donors (Lipinski definition) is 0. The summed E-state index contributed by atoms with van der Waals surface area (Å²) in [6, 6.07) is 9.55. The molecule has 0 spiro atoms. The van der Waals surface area contributed by atoms with Crippen molar-refractivity contribution >= 4 is 5.97 Å². The lowest BCUT2D eigenvalue weighted by Gasteiger charge is -2.28. The topological polar surface area (TPSA) is 35.5 Å². The molecule has 2 aromatic rings. The van der Waals surface area contributed by atoms with E-state index in [0.717, 1.165) is 44.1 Å². The first kappa shape index (κ1) is 23.9. The molecule has 6 heteroatoms. The van der Waals surface area contributed by atoms with Crippen molar-refractivity contribution in [3.8, 4) is 11.5 Å². The SMILES string of the molecule is CCOc1ccc(OC(=O)c2ccc(C3CCC(CC/C=C/CF)CC3)cc2)c(F)c1F. The zero-order valence-electron chi connectivity index (χ0n) is 18.3. The van der Waals surface area contributed by atoms with Crippen LogP contribution in [0.2, 0.25) is 0 Å². The van der Waals surface area contributed by atoms with Gasteiger partial charge in [-0.15, -0.1) is 0 Å². The summed E-state index contributed by atoms with van der Waals surface area (Å²) in [6.45, 7) is 1.46. The van der Waals surface area contributed by atoms with Gasteiger partial charge in [0.1, 0.15) is 6.67 Å². The monoisotopic (exact) mass is 446 g/mol. The standard InChI is InChI=1S/C26H29F3O3/c1-2-31-22-15-16-23(25(29)24(22)28)32-26(30)21-13-11-20(12-14-21)19-9-7-18(8-10-19)6-4-3-5-17-27/h3,5,11-16,18-19H,2,4,6-10,17H2,1H3/b5-3+. The molecule has 0 aliphatic heterocycles. The Hall–Kier alpha value is -2.76. The molecule has 0 heterocycles. The second kappa shape index (κ2) is 11.7. The normalized spacial score (nSPS) is 18.6. The third-order valence-electron chi connectivity index (χ3n) is 5.98. The third kappa shape index (κ3) is 6.15. The lowest BCUT2D eigenvalue weighted by Crippen LogP contribution is -2.14. The maximum atomic E-state index is 14.2. The molecule has 0 atom stereocenters. The van der Waals surface area contributed by atoms with Gasteiger partial charge >= 0.3 is 5.97 Å². The Morgan fingerprint density at radius 2 is 1.62 bits per heavy atom. The molecule has 3 rings (SSSR count). The molecule has 1 saturated carbocycles. The number of alkyl halides is 1. The second-order valence-electron chi connectivity index (χ2n) is 8.06. The molecule has 0 unspecified atom stereocenters. The fraction of sp³-hybridized carbons (Fsp3) is 0.423. The highest BCUT2D eigenvalue weighted by Gasteiger charge is 2.23. The van der Waals surface area contributed by atoms with Crippen LogP contribution in [-0.4, -0.2) is 19.3 Å². The van der Waals surface area contributed by atoms with E-state index in [2.05, 4.69) is 0 Å². The highest BCUT2D eigenvalue weighted by atomic mass is 19.2. The minimum Gasteiger partial charge on any atom is -0.491 e. The highest BCUT2D eigenvalue weighted by molar-refractivity contribution is 5.91. The van der Waals surface area contributed by atoms with Crippen molar-refractivity contribution in [1.29, 1.82) is 0 Å². The van der Waals surface area contributed by atoms with Crippen LogP contribution in [0.1, 0.15) is 67.3 Å². The van der Waals surface area contributed by atoms with Crippen molar-refractivity contribution < 1.29 is 27.4 Å². The van der Waals surface area contributed by atoms with Gasteiger partial charge in [-0.2, -0.15) is 8.78 Å². The van der Waals surface area contributed by atoms with Crippen LogP contribution in [-0.2, 0) is 0 Å². The molecular weight excluding hydrogens is 417 g/mol. The third-order valence-corrected chi connectivity index (χ3v) is 5.98. The molecule has 1 aliphatic carbocycles. The quantitative estimate of drug-likeness (QED) is 0.233. The van der Waals surface area contributed by atoms with Crippen LogP contribution >= 0.6 is 0 Å². The number of carbonyl (C=O) groups is 1. The Bertz CT molecular complexity index is 917. The largest absolute Gasteiger partial charge is 0.491 e. The number of rotatable bonds is 9. The van der Waals surface area contributed by atoms with Gasteiger partial charge < -0.3 is 9.47 Å². The van der Waals surface area contributed by atoms with Crippen LogP contribution < -0.4 is 9.47 Å². The van der Waals surface area contributed by atoms with Crippen LogP contribution in [0.5, 0.6) is 11.5 Å². The van der Waals surface area contributed by atoms with E-state index in [1.807, 2.05) is 18.2 Å². The predicted octanol–water partition coefficient (Wildman–Crippen LogP) is 7.16. The molecule has 0 saturated heterocycles. The molecule has 32 heavy (non-hydrogen) atoms. The maximum absolute atomic E-state index is 14.2. The number of hydrogen-bond acceptors (Lipinski definition) is 3. The van der Waals surface area contributed by atoms with Crippen LogP contribution in [0.4, 0.5) is 13.2 Å². The summed E-state index contributed by atoms with van der Waals surface area (Å²) in [5.41, 5.74) is 1.44. The van der Waals surface area contributed by atoms with Crippen LogP contribution in [0.15, 0.2) is 48.6 Å². The van der Waals surface area contributed by atoms with Gasteiger partial charge in [0.05, 0.1) is 12.2 Å². The molecule has 0 radical (unpaired) electrons. The number of ether oxygens (including phenoxy) is 2. The average molecular weight is 447 g/mol. The first-order valence-electron chi connectivity index (χ1n) is 11.2. The number of allylic oxidation sites excluding steroid dienone is 2. The van der Waals surface area contributed by atoms with Crippen molar-refractivity contribution in [2.75, 3.05) is 13.3 Å². The van der Waals surface area contributed by atoms with E-state index in [1.54, 1.807) is 25.1 Å². The summed E-state index contributed by atoms with van der Waals surface area (Å²) in [7, 11) is 0. The van der Waals surface area contributed by atoms with Crippen molar-refractivity contribution in [1.82, 2.24) is 0 Å².